The van der Waals surface area contributed by atoms with Gasteiger partial charge in [0.25, 0.3) is 5.91 Å². The highest BCUT2D eigenvalue weighted by Crippen LogP contribution is 2.15. The molecule has 0 radical (unpaired) electrons. The number of nitrogens with one attached hydrogen (secondary N) is 1. The van der Waals surface area contributed by atoms with Crippen LogP contribution >= 0.6 is 11.3 Å². The zero-order valence-electron chi connectivity index (χ0n) is 9.58. The average molecular weight is 265 g/mol. The van der Waals surface area contributed by atoms with E-state index in [1.54, 1.807) is 5.38 Å². The number of aliphatic carboxylic acids is 1. The van der Waals surface area contributed by atoms with Crippen LogP contribution in [0.4, 0.5) is 5.69 Å². The minimum absolute atomic E-state index is 0.219. The maximum absolute atomic E-state index is 11.9. The van der Waals surface area contributed by atoms with E-state index in [0.717, 1.165) is 5.56 Å². The van der Waals surface area contributed by atoms with E-state index in [2.05, 4.69) is 10.4 Å². The van der Waals surface area contributed by atoms with Gasteiger partial charge >= 0.3 is 5.97 Å². The van der Waals surface area contributed by atoms with Gasteiger partial charge in [-0.05, 0) is 17.9 Å². The molecule has 0 spiro atoms. The molecule has 94 valence electrons. The molecule has 0 fully saturated rings. The molecular formula is C11H11N3O3S. The summed E-state index contributed by atoms with van der Waals surface area (Å²) in [7, 11) is 0. The van der Waals surface area contributed by atoms with E-state index in [1.165, 1.54) is 28.4 Å². The Bertz CT molecular complexity index is 588. The number of aromatic nitrogens is 2. The van der Waals surface area contributed by atoms with Crippen molar-refractivity contribution in [3.63, 3.8) is 0 Å². The van der Waals surface area contributed by atoms with Gasteiger partial charge in [-0.25, -0.2) is 0 Å². The van der Waals surface area contributed by atoms with Gasteiger partial charge in [0.2, 0.25) is 0 Å². The Morgan fingerprint density at radius 3 is 2.89 bits per heavy atom. The molecule has 6 nitrogen and oxygen atoms in total. The molecule has 0 saturated carbocycles. The number of carboxylic acid groups (broad SMARTS) is 1. The first-order chi connectivity index (χ1) is 8.56. The number of thiophene rings is 1. The number of rotatable bonds is 4. The summed E-state index contributed by atoms with van der Waals surface area (Å²) < 4.78 is 1.25. The minimum Gasteiger partial charge on any atom is -0.480 e. The summed E-state index contributed by atoms with van der Waals surface area (Å²) in [4.78, 5) is 22.4. The Morgan fingerprint density at radius 1 is 1.50 bits per heavy atom. The molecule has 0 aliphatic carbocycles. The number of nitrogens with zero attached hydrogens (tertiary/aromatic N) is 2. The molecule has 2 aromatic rings. The summed E-state index contributed by atoms with van der Waals surface area (Å²) in [5, 5.41) is 18.8. The maximum Gasteiger partial charge on any atom is 0.325 e. The normalized spacial score (nSPS) is 10.3. The Balaban J connectivity index is 2.06. The van der Waals surface area contributed by atoms with Crippen LogP contribution < -0.4 is 5.32 Å². The van der Waals surface area contributed by atoms with E-state index < -0.39 is 5.97 Å². The molecule has 0 aromatic carbocycles. The maximum atomic E-state index is 11.9. The molecule has 0 aliphatic rings. The number of hydrogen-bond donors (Lipinski definition) is 2. The average Bonchev–Trinajstić information content (AvgIpc) is 2.87. The summed E-state index contributed by atoms with van der Waals surface area (Å²) in [5.74, 6) is -1.20. The topological polar surface area (TPSA) is 84.2 Å². The molecule has 0 atom stereocenters. The molecule has 7 heteroatoms. The predicted molar refractivity (Wildman–Crippen MR) is 66.9 cm³/mol. The Kier molecular flexibility index (Phi) is 3.42. The largest absolute Gasteiger partial charge is 0.480 e. The summed E-state index contributed by atoms with van der Waals surface area (Å²) in [6.07, 6.45) is 2.90. The number of anilines is 1. The zero-order valence-corrected chi connectivity index (χ0v) is 10.4. The fourth-order valence-electron chi connectivity index (χ4n) is 1.44. The van der Waals surface area contributed by atoms with Crippen molar-refractivity contribution in [3.05, 3.63) is 34.3 Å². The van der Waals surface area contributed by atoms with Crippen LogP contribution in [0, 0.1) is 6.92 Å². The van der Waals surface area contributed by atoms with Crippen LogP contribution in [-0.4, -0.2) is 26.8 Å². The van der Waals surface area contributed by atoms with Gasteiger partial charge in [0, 0.05) is 11.6 Å². The van der Waals surface area contributed by atoms with Gasteiger partial charge in [0.1, 0.15) is 6.54 Å². The Labute approximate surface area is 107 Å². The summed E-state index contributed by atoms with van der Waals surface area (Å²) in [5.41, 5.74) is 2.01. The van der Waals surface area contributed by atoms with E-state index in [-0.39, 0.29) is 12.5 Å². The van der Waals surface area contributed by atoms with Gasteiger partial charge in [-0.1, -0.05) is 0 Å². The smallest absolute Gasteiger partial charge is 0.325 e. The molecule has 2 N–H and O–H groups in total. The highest BCUT2D eigenvalue weighted by molar-refractivity contribution is 7.08. The molecule has 0 unspecified atom stereocenters. The quantitative estimate of drug-likeness (QED) is 0.879. The number of carbonyl (C=O) groups is 2. The molecule has 0 bridgehead atoms. The molecule has 18 heavy (non-hydrogen) atoms. The standard InChI is InChI=1S/C11H11N3O3S/c1-7-5-18-6-9(7)11(17)13-8-2-12-14(3-8)4-10(15)16/h2-3,5-6H,4H2,1H3,(H,13,17)(H,15,16). The van der Waals surface area contributed by atoms with Gasteiger partial charge in [-0.3, -0.25) is 14.3 Å². The van der Waals surface area contributed by atoms with Crippen LogP contribution in [0.1, 0.15) is 15.9 Å². The van der Waals surface area contributed by atoms with E-state index in [1.807, 2.05) is 12.3 Å². The first kappa shape index (κ1) is 12.3. The number of aryl methyl sites for hydroxylation is 1. The molecule has 2 rings (SSSR count). The minimum atomic E-state index is -0.982. The second kappa shape index (κ2) is 5.01. The fourth-order valence-corrected chi connectivity index (χ4v) is 2.27. The van der Waals surface area contributed by atoms with E-state index in [9.17, 15) is 9.59 Å². The van der Waals surface area contributed by atoms with Crippen LogP contribution in [0.3, 0.4) is 0 Å². The van der Waals surface area contributed by atoms with Crippen molar-refractivity contribution in [3.8, 4) is 0 Å². The van der Waals surface area contributed by atoms with Crippen molar-refractivity contribution >= 4 is 28.9 Å². The Morgan fingerprint density at radius 2 is 2.28 bits per heavy atom. The molecular weight excluding hydrogens is 254 g/mol. The lowest BCUT2D eigenvalue weighted by Gasteiger charge is -2.01. The number of amides is 1. The Hall–Kier alpha value is -2.15. The summed E-state index contributed by atoms with van der Waals surface area (Å²) in [6.45, 7) is 1.63. The monoisotopic (exact) mass is 265 g/mol. The SMILES string of the molecule is Cc1cscc1C(=O)Nc1cnn(CC(=O)O)c1. The molecule has 2 aromatic heterocycles. The highest BCUT2D eigenvalue weighted by atomic mass is 32.1. The molecule has 0 saturated heterocycles. The van der Waals surface area contributed by atoms with Crippen LogP contribution in [-0.2, 0) is 11.3 Å². The molecule has 2 heterocycles. The second-order valence-corrected chi connectivity index (χ2v) is 4.49. The third kappa shape index (κ3) is 2.75. The van der Waals surface area contributed by atoms with Gasteiger partial charge in [0.05, 0.1) is 17.4 Å². The lowest BCUT2D eigenvalue weighted by Crippen LogP contribution is -2.12. The first-order valence-corrected chi connectivity index (χ1v) is 6.09. The van der Waals surface area contributed by atoms with Crippen LogP contribution in [0.2, 0.25) is 0 Å². The molecule has 1 amide bonds. The van der Waals surface area contributed by atoms with Crippen molar-refractivity contribution in [2.24, 2.45) is 0 Å². The van der Waals surface area contributed by atoms with Crippen molar-refractivity contribution in [1.29, 1.82) is 0 Å². The van der Waals surface area contributed by atoms with Gasteiger partial charge < -0.3 is 10.4 Å². The fraction of sp³-hybridized carbons (Fsp3) is 0.182. The lowest BCUT2D eigenvalue weighted by molar-refractivity contribution is -0.137. The van der Waals surface area contributed by atoms with Gasteiger partial charge in [0.15, 0.2) is 0 Å². The van der Waals surface area contributed by atoms with Crippen molar-refractivity contribution < 1.29 is 14.7 Å². The third-order valence-electron chi connectivity index (χ3n) is 2.29. The van der Waals surface area contributed by atoms with E-state index >= 15 is 0 Å². The van der Waals surface area contributed by atoms with Crippen molar-refractivity contribution in [2.75, 3.05) is 5.32 Å². The zero-order chi connectivity index (χ0) is 13.1. The number of carbonyl (C=O) groups excluding carboxylic acids is 1. The summed E-state index contributed by atoms with van der Waals surface area (Å²) >= 11 is 1.46. The molecule has 0 aliphatic heterocycles. The van der Waals surface area contributed by atoms with E-state index in [4.69, 9.17) is 5.11 Å². The number of hydrogen-bond acceptors (Lipinski definition) is 4. The lowest BCUT2D eigenvalue weighted by atomic mass is 10.2. The van der Waals surface area contributed by atoms with Crippen molar-refractivity contribution in [2.45, 2.75) is 13.5 Å². The van der Waals surface area contributed by atoms with Crippen LogP contribution in [0.15, 0.2) is 23.2 Å². The highest BCUT2D eigenvalue weighted by Gasteiger charge is 2.11. The van der Waals surface area contributed by atoms with Gasteiger partial charge in [-0.2, -0.15) is 16.4 Å². The second-order valence-electron chi connectivity index (χ2n) is 3.74. The van der Waals surface area contributed by atoms with Crippen LogP contribution in [0.5, 0.6) is 0 Å². The predicted octanol–water partition coefficient (Wildman–Crippen LogP) is 1.59. The van der Waals surface area contributed by atoms with Gasteiger partial charge in [-0.15, -0.1) is 0 Å². The van der Waals surface area contributed by atoms with Crippen molar-refractivity contribution in [1.82, 2.24) is 9.78 Å². The first-order valence-electron chi connectivity index (χ1n) is 5.14. The summed E-state index contributed by atoms with van der Waals surface area (Å²) in [6, 6.07) is 0. The third-order valence-corrected chi connectivity index (χ3v) is 3.15. The van der Waals surface area contributed by atoms with Crippen LogP contribution in [0.25, 0.3) is 0 Å². The van der Waals surface area contributed by atoms with E-state index in [0.29, 0.717) is 11.3 Å². The number of carboxylic acids is 1.